The maximum Gasteiger partial charge on any atom is 0.259 e. The number of fused-ring (bicyclic) bond motifs is 2. The van der Waals surface area contributed by atoms with Crippen molar-refractivity contribution in [1.29, 1.82) is 0 Å². The number of hydrogen-bond acceptors (Lipinski definition) is 7. The molecule has 4 aromatic rings. The van der Waals surface area contributed by atoms with E-state index in [-0.39, 0.29) is 22.6 Å². The Bertz CT molecular complexity index is 1570. The Hall–Kier alpha value is -3.47. The summed E-state index contributed by atoms with van der Waals surface area (Å²) in [5, 5.41) is 4.17. The van der Waals surface area contributed by atoms with E-state index in [2.05, 4.69) is 14.9 Å². The largest absolute Gasteiger partial charge is 0.337 e. The first-order chi connectivity index (χ1) is 18.3. The van der Waals surface area contributed by atoms with E-state index in [4.69, 9.17) is 4.52 Å². The van der Waals surface area contributed by atoms with E-state index in [0.717, 1.165) is 21.9 Å². The van der Waals surface area contributed by atoms with Crippen LogP contribution in [0, 0.1) is 5.92 Å². The van der Waals surface area contributed by atoms with Crippen molar-refractivity contribution in [2.75, 3.05) is 11.4 Å². The molecule has 0 bridgehead atoms. The first-order valence-electron chi connectivity index (χ1n) is 12.4. The van der Waals surface area contributed by atoms with Gasteiger partial charge in [0, 0.05) is 21.9 Å². The Balaban J connectivity index is 1.48. The van der Waals surface area contributed by atoms with Gasteiger partial charge >= 0.3 is 0 Å². The molecule has 1 aliphatic heterocycles. The van der Waals surface area contributed by atoms with Crippen molar-refractivity contribution in [1.82, 2.24) is 14.9 Å². The van der Waals surface area contributed by atoms with Gasteiger partial charge in [0.1, 0.15) is 6.04 Å². The third kappa shape index (κ3) is 5.11. The van der Waals surface area contributed by atoms with Crippen molar-refractivity contribution < 1.29 is 17.7 Å². The average Bonchev–Trinajstić information content (AvgIpc) is 3.37. The molecular formula is C28H28N4O4S2. The maximum atomic E-state index is 13.3. The fraction of sp³-hybridized carbons (Fsp3) is 0.250. The van der Waals surface area contributed by atoms with Crippen LogP contribution in [0.1, 0.15) is 49.5 Å². The summed E-state index contributed by atoms with van der Waals surface area (Å²) in [7, 11) is -3.79. The predicted octanol–water partition coefficient (Wildman–Crippen LogP) is 5.93. The average molecular weight is 549 g/mol. The summed E-state index contributed by atoms with van der Waals surface area (Å²) < 4.78 is 34.2. The number of amides is 1. The molecule has 38 heavy (non-hydrogen) atoms. The second-order valence-corrected chi connectivity index (χ2v) is 12.1. The lowest BCUT2D eigenvalue weighted by Crippen LogP contribution is -2.32. The molecule has 0 spiro atoms. The molecule has 1 N–H and O–H groups in total. The molecule has 8 nitrogen and oxygen atoms in total. The normalized spacial score (nSPS) is 14.2. The minimum Gasteiger partial charge on any atom is -0.337 e. The summed E-state index contributed by atoms with van der Waals surface area (Å²) in [5.74, 6) is 0.368. The molecule has 0 saturated carbocycles. The molecule has 0 unspecified atom stereocenters. The van der Waals surface area contributed by atoms with Crippen LogP contribution in [0.25, 0.3) is 11.4 Å². The molecule has 0 fully saturated rings. The van der Waals surface area contributed by atoms with Gasteiger partial charge in [-0.05, 0) is 54.8 Å². The Morgan fingerprint density at radius 1 is 1.00 bits per heavy atom. The number of carbonyl (C=O) groups excluding carboxylic acids is 1. The number of nitrogens with one attached hydrogen (secondary N) is 1. The molecule has 3 aromatic carbocycles. The van der Waals surface area contributed by atoms with E-state index in [1.807, 2.05) is 68.1 Å². The highest BCUT2D eigenvalue weighted by Gasteiger charge is 2.30. The van der Waals surface area contributed by atoms with E-state index in [1.54, 1.807) is 18.2 Å². The van der Waals surface area contributed by atoms with E-state index >= 15 is 0 Å². The van der Waals surface area contributed by atoms with Gasteiger partial charge in [-0.2, -0.15) is 9.71 Å². The summed E-state index contributed by atoms with van der Waals surface area (Å²) in [5.41, 5.74) is 2.22. The number of benzene rings is 3. The summed E-state index contributed by atoms with van der Waals surface area (Å²) in [6.07, 6.45) is 0.823. The van der Waals surface area contributed by atoms with Crippen LogP contribution in [-0.2, 0) is 10.0 Å². The number of sulfonamides is 1. The minimum absolute atomic E-state index is 0.0197. The smallest absolute Gasteiger partial charge is 0.259 e. The lowest BCUT2D eigenvalue weighted by molar-refractivity contribution is 0.0984. The number of aromatic nitrogens is 2. The summed E-state index contributed by atoms with van der Waals surface area (Å²) in [4.78, 5) is 21.7. The van der Waals surface area contributed by atoms with E-state index < -0.39 is 16.1 Å². The Morgan fingerprint density at radius 2 is 1.74 bits per heavy atom. The Morgan fingerprint density at radius 3 is 2.47 bits per heavy atom. The summed E-state index contributed by atoms with van der Waals surface area (Å²) in [6, 6.07) is 20.8. The highest BCUT2D eigenvalue weighted by atomic mass is 32.2. The standard InChI is InChI=1S/C28H28N4O4S2/c1-4-16-32-22-15-14-19(17-24(22)37-23-13-9-8-12-21(23)28(32)33)26-29-27(36-30-26)25(18(2)3)31-38(34,35)20-10-6-5-7-11-20/h5-15,17-18,25,31H,4,16H2,1-3H3/t25-/m1/s1. The van der Waals surface area contributed by atoms with Gasteiger partial charge in [0.05, 0.1) is 16.1 Å². The number of carbonyl (C=O) groups is 1. The SMILES string of the molecule is CCCN1C(=O)c2ccccc2Sc2cc(-c3noc([C@H](NS(=O)(=O)c4ccccc4)C(C)C)n3)ccc21. The monoisotopic (exact) mass is 548 g/mol. The second kappa shape index (κ2) is 10.7. The van der Waals surface area contributed by atoms with Crippen molar-refractivity contribution in [3.05, 3.63) is 84.3 Å². The van der Waals surface area contributed by atoms with Gasteiger partial charge in [0.25, 0.3) is 5.91 Å². The van der Waals surface area contributed by atoms with Crippen molar-refractivity contribution in [3.63, 3.8) is 0 Å². The van der Waals surface area contributed by atoms with Crippen LogP contribution in [0.5, 0.6) is 0 Å². The third-order valence-electron chi connectivity index (χ3n) is 6.25. The number of anilines is 1. The maximum absolute atomic E-state index is 13.3. The van der Waals surface area contributed by atoms with E-state index in [1.165, 1.54) is 23.9 Å². The predicted molar refractivity (Wildman–Crippen MR) is 147 cm³/mol. The van der Waals surface area contributed by atoms with Crippen molar-refractivity contribution in [3.8, 4) is 11.4 Å². The van der Waals surface area contributed by atoms with Gasteiger partial charge in [0.2, 0.25) is 21.7 Å². The van der Waals surface area contributed by atoms with Gasteiger partial charge in [0.15, 0.2) is 0 Å². The van der Waals surface area contributed by atoms with Crippen LogP contribution < -0.4 is 9.62 Å². The van der Waals surface area contributed by atoms with Crippen LogP contribution in [0.15, 0.2) is 92.0 Å². The quantitative estimate of drug-likeness (QED) is 0.291. The first-order valence-corrected chi connectivity index (χ1v) is 14.7. The minimum atomic E-state index is -3.79. The fourth-order valence-electron chi connectivity index (χ4n) is 4.29. The fourth-order valence-corrected chi connectivity index (χ4v) is 6.77. The van der Waals surface area contributed by atoms with Crippen LogP contribution >= 0.6 is 11.8 Å². The van der Waals surface area contributed by atoms with Gasteiger partial charge in [-0.1, -0.05) is 68.0 Å². The third-order valence-corrected chi connectivity index (χ3v) is 8.83. The first kappa shape index (κ1) is 26.1. The molecule has 196 valence electrons. The van der Waals surface area contributed by atoms with Crippen LogP contribution in [0.4, 0.5) is 5.69 Å². The highest BCUT2D eigenvalue weighted by Crippen LogP contribution is 2.43. The second-order valence-electron chi connectivity index (χ2n) is 9.35. The van der Waals surface area contributed by atoms with Gasteiger partial charge in [-0.25, -0.2) is 8.42 Å². The zero-order valence-corrected chi connectivity index (χ0v) is 22.9. The number of nitrogens with zero attached hydrogens (tertiary/aromatic N) is 3. The van der Waals surface area contributed by atoms with Crippen LogP contribution in [-0.4, -0.2) is 31.0 Å². The van der Waals surface area contributed by atoms with E-state index in [0.29, 0.717) is 23.5 Å². The zero-order chi connectivity index (χ0) is 26.9. The van der Waals surface area contributed by atoms with Gasteiger partial charge in [-0.15, -0.1) is 0 Å². The molecule has 1 aliphatic rings. The molecule has 1 amide bonds. The molecule has 5 rings (SSSR count). The van der Waals surface area contributed by atoms with Crippen molar-refractivity contribution >= 4 is 33.4 Å². The molecule has 10 heteroatoms. The van der Waals surface area contributed by atoms with Crippen LogP contribution in [0.2, 0.25) is 0 Å². The Kier molecular flexibility index (Phi) is 7.38. The van der Waals surface area contributed by atoms with Crippen LogP contribution in [0.3, 0.4) is 0 Å². The van der Waals surface area contributed by atoms with Gasteiger partial charge < -0.3 is 9.42 Å². The van der Waals surface area contributed by atoms with Crippen molar-refractivity contribution in [2.24, 2.45) is 5.92 Å². The molecule has 0 radical (unpaired) electrons. The molecule has 1 atom stereocenters. The summed E-state index contributed by atoms with van der Waals surface area (Å²) in [6.45, 7) is 6.42. The topological polar surface area (TPSA) is 105 Å². The molecule has 0 aliphatic carbocycles. The molecule has 0 saturated heterocycles. The molecular weight excluding hydrogens is 520 g/mol. The van der Waals surface area contributed by atoms with E-state index in [9.17, 15) is 13.2 Å². The summed E-state index contributed by atoms with van der Waals surface area (Å²) >= 11 is 1.53. The van der Waals surface area contributed by atoms with Gasteiger partial charge in [-0.3, -0.25) is 4.79 Å². The highest BCUT2D eigenvalue weighted by molar-refractivity contribution is 7.99. The molecule has 2 heterocycles. The number of rotatable bonds is 8. The lowest BCUT2D eigenvalue weighted by Gasteiger charge is -2.22. The molecule has 1 aromatic heterocycles. The van der Waals surface area contributed by atoms with Crippen molar-refractivity contribution in [2.45, 2.75) is 47.9 Å². The lowest BCUT2D eigenvalue weighted by atomic mass is 10.1. The number of hydrogen-bond donors (Lipinski definition) is 1. The zero-order valence-electron chi connectivity index (χ0n) is 21.3. The Labute approximate surface area is 226 Å².